The summed E-state index contributed by atoms with van der Waals surface area (Å²) in [5.41, 5.74) is 2.53. The number of piperidine rings is 1. The van der Waals surface area contributed by atoms with Crippen molar-refractivity contribution in [3.05, 3.63) is 35.4 Å². The molecular weight excluding hydrogens is 248 g/mol. The second-order valence-electron chi connectivity index (χ2n) is 6.23. The van der Waals surface area contributed by atoms with Gasteiger partial charge in [-0.15, -0.1) is 0 Å². The minimum absolute atomic E-state index is 0.189. The molecule has 1 aromatic carbocycles. The lowest BCUT2D eigenvalue weighted by atomic mass is 9.97. The highest BCUT2D eigenvalue weighted by Gasteiger charge is 2.36. The van der Waals surface area contributed by atoms with Gasteiger partial charge in [0.1, 0.15) is 0 Å². The molecule has 0 radical (unpaired) electrons. The molecule has 1 saturated heterocycles. The first kappa shape index (κ1) is 13.6. The number of carbonyl (C=O) groups is 1. The zero-order valence-electron chi connectivity index (χ0n) is 12.3. The number of rotatable bonds is 4. The number of carbonyl (C=O) groups excluding carboxylic acids is 1. The Labute approximate surface area is 121 Å². The van der Waals surface area contributed by atoms with Crippen molar-refractivity contribution in [3.8, 4) is 0 Å². The molecule has 20 heavy (non-hydrogen) atoms. The van der Waals surface area contributed by atoms with Gasteiger partial charge in [-0.05, 0) is 44.7 Å². The van der Waals surface area contributed by atoms with Gasteiger partial charge in [0, 0.05) is 19.1 Å². The van der Waals surface area contributed by atoms with E-state index in [9.17, 15) is 4.79 Å². The fourth-order valence-corrected chi connectivity index (χ4v) is 3.08. The van der Waals surface area contributed by atoms with E-state index in [1.807, 2.05) is 0 Å². The lowest BCUT2D eigenvalue weighted by Gasteiger charge is -2.30. The molecule has 1 atom stereocenters. The van der Waals surface area contributed by atoms with Gasteiger partial charge in [0.15, 0.2) is 0 Å². The lowest BCUT2D eigenvalue weighted by Crippen LogP contribution is -2.43. The predicted octanol–water partition coefficient (Wildman–Crippen LogP) is 2.49. The van der Waals surface area contributed by atoms with E-state index in [-0.39, 0.29) is 5.92 Å². The van der Waals surface area contributed by atoms with E-state index in [4.69, 9.17) is 0 Å². The number of hydrogen-bond donors (Lipinski definition) is 1. The largest absolute Gasteiger partial charge is 0.335 e. The van der Waals surface area contributed by atoms with Crippen LogP contribution < -0.4 is 5.32 Å². The third kappa shape index (κ3) is 3.21. The molecule has 0 bridgehead atoms. The molecule has 0 aromatic heterocycles. The Morgan fingerprint density at radius 1 is 1.35 bits per heavy atom. The highest BCUT2D eigenvalue weighted by atomic mass is 16.2. The Hall–Kier alpha value is -1.35. The molecule has 1 amide bonds. The summed E-state index contributed by atoms with van der Waals surface area (Å²) in [7, 11) is 0. The number of amides is 1. The van der Waals surface area contributed by atoms with Crippen LogP contribution in [0.2, 0.25) is 0 Å². The van der Waals surface area contributed by atoms with Crippen LogP contribution in [0, 0.1) is 12.8 Å². The quantitative estimate of drug-likeness (QED) is 0.913. The zero-order chi connectivity index (χ0) is 13.9. The number of nitrogens with zero attached hydrogens (tertiary/aromatic N) is 1. The van der Waals surface area contributed by atoms with Crippen molar-refractivity contribution in [1.29, 1.82) is 0 Å². The summed E-state index contributed by atoms with van der Waals surface area (Å²) in [6.45, 7) is 4.81. The van der Waals surface area contributed by atoms with E-state index < -0.39 is 0 Å². The smallest absolute Gasteiger partial charge is 0.227 e. The molecule has 3 heteroatoms. The highest BCUT2D eigenvalue weighted by molar-refractivity contribution is 5.79. The van der Waals surface area contributed by atoms with Crippen molar-refractivity contribution >= 4 is 5.91 Å². The van der Waals surface area contributed by atoms with Crippen LogP contribution in [-0.4, -0.2) is 29.9 Å². The minimum Gasteiger partial charge on any atom is -0.335 e. The summed E-state index contributed by atoms with van der Waals surface area (Å²) in [5, 5.41) is 3.36. The maximum absolute atomic E-state index is 12.8. The summed E-state index contributed by atoms with van der Waals surface area (Å²) < 4.78 is 0. The van der Waals surface area contributed by atoms with Crippen molar-refractivity contribution in [1.82, 2.24) is 10.2 Å². The van der Waals surface area contributed by atoms with Gasteiger partial charge in [-0.3, -0.25) is 4.79 Å². The molecule has 1 N–H and O–H groups in total. The first-order valence-electron chi connectivity index (χ1n) is 7.81. The number of hydrogen-bond acceptors (Lipinski definition) is 2. The van der Waals surface area contributed by atoms with Gasteiger partial charge in [-0.2, -0.15) is 0 Å². The first-order valence-corrected chi connectivity index (χ1v) is 7.81. The van der Waals surface area contributed by atoms with Crippen LogP contribution in [0.5, 0.6) is 0 Å². The molecule has 1 heterocycles. The molecule has 1 aliphatic heterocycles. The molecule has 0 unspecified atom stereocenters. The van der Waals surface area contributed by atoms with E-state index in [1.165, 1.54) is 24.0 Å². The fourth-order valence-electron chi connectivity index (χ4n) is 3.08. The number of benzene rings is 1. The van der Waals surface area contributed by atoms with Crippen molar-refractivity contribution < 1.29 is 4.79 Å². The van der Waals surface area contributed by atoms with Crippen LogP contribution in [0.4, 0.5) is 0 Å². The Morgan fingerprint density at radius 2 is 2.20 bits per heavy atom. The first-order chi connectivity index (χ1) is 9.74. The van der Waals surface area contributed by atoms with Crippen LogP contribution >= 0.6 is 0 Å². The Balaban J connectivity index is 1.70. The van der Waals surface area contributed by atoms with Crippen molar-refractivity contribution in [2.24, 2.45) is 5.92 Å². The molecule has 2 fully saturated rings. The third-order valence-corrected chi connectivity index (χ3v) is 4.35. The average molecular weight is 272 g/mol. The summed E-state index contributed by atoms with van der Waals surface area (Å²) >= 11 is 0. The Morgan fingerprint density at radius 3 is 2.85 bits per heavy atom. The zero-order valence-corrected chi connectivity index (χ0v) is 12.3. The Bertz CT molecular complexity index is 476. The molecule has 1 aromatic rings. The van der Waals surface area contributed by atoms with Crippen molar-refractivity contribution in [2.45, 2.75) is 45.2 Å². The Kier molecular flexibility index (Phi) is 4.06. The maximum atomic E-state index is 12.8. The molecule has 108 valence electrons. The summed E-state index contributed by atoms with van der Waals surface area (Å²) in [6, 6.07) is 9.02. The van der Waals surface area contributed by atoms with E-state index in [2.05, 4.69) is 41.4 Å². The highest BCUT2D eigenvalue weighted by Crippen LogP contribution is 2.30. The number of nitrogens with one attached hydrogen (secondary N) is 1. The second kappa shape index (κ2) is 5.96. The maximum Gasteiger partial charge on any atom is 0.227 e. The van der Waals surface area contributed by atoms with Gasteiger partial charge < -0.3 is 10.2 Å². The second-order valence-corrected chi connectivity index (χ2v) is 6.23. The van der Waals surface area contributed by atoms with Crippen LogP contribution in [0.25, 0.3) is 0 Å². The molecule has 3 nitrogen and oxygen atoms in total. The lowest BCUT2D eigenvalue weighted by molar-refractivity contribution is -0.137. The monoisotopic (exact) mass is 272 g/mol. The predicted molar refractivity (Wildman–Crippen MR) is 80.3 cm³/mol. The van der Waals surface area contributed by atoms with Crippen LogP contribution in [-0.2, 0) is 11.3 Å². The molecule has 0 spiro atoms. The molecule has 2 aliphatic rings. The minimum atomic E-state index is 0.189. The average Bonchev–Trinajstić information content (AvgIpc) is 3.30. The van der Waals surface area contributed by atoms with Gasteiger partial charge in [-0.25, -0.2) is 0 Å². The van der Waals surface area contributed by atoms with Gasteiger partial charge in [0.2, 0.25) is 5.91 Å². The van der Waals surface area contributed by atoms with E-state index >= 15 is 0 Å². The summed E-state index contributed by atoms with van der Waals surface area (Å²) in [5.74, 6) is 0.551. The van der Waals surface area contributed by atoms with Gasteiger partial charge in [0.05, 0.1) is 5.92 Å². The molecular formula is C17H24N2O. The number of aryl methyl sites for hydroxylation is 1. The van der Waals surface area contributed by atoms with Crippen molar-refractivity contribution in [3.63, 3.8) is 0 Å². The van der Waals surface area contributed by atoms with E-state index in [0.717, 1.165) is 32.5 Å². The summed E-state index contributed by atoms with van der Waals surface area (Å²) in [4.78, 5) is 14.9. The van der Waals surface area contributed by atoms with E-state index in [1.54, 1.807) is 0 Å². The standard InChI is InChI=1S/C17H24N2O/c1-13-4-2-5-14(10-13)12-19(16-7-8-16)17(20)15-6-3-9-18-11-15/h2,4-5,10,15-16,18H,3,6-9,11-12H2,1H3/t15-/m1/s1. The van der Waals surface area contributed by atoms with Gasteiger partial charge >= 0.3 is 0 Å². The molecule has 3 rings (SSSR count). The van der Waals surface area contributed by atoms with Crippen molar-refractivity contribution in [2.75, 3.05) is 13.1 Å². The van der Waals surface area contributed by atoms with E-state index in [0.29, 0.717) is 11.9 Å². The van der Waals surface area contributed by atoms with Gasteiger partial charge in [0.25, 0.3) is 0 Å². The third-order valence-electron chi connectivity index (χ3n) is 4.35. The fraction of sp³-hybridized carbons (Fsp3) is 0.588. The van der Waals surface area contributed by atoms with Crippen LogP contribution in [0.1, 0.15) is 36.8 Å². The SMILES string of the molecule is Cc1cccc(CN(C(=O)[C@@H]2CCCNC2)C2CC2)c1. The topological polar surface area (TPSA) is 32.3 Å². The molecule has 1 saturated carbocycles. The van der Waals surface area contributed by atoms with Crippen LogP contribution in [0.15, 0.2) is 24.3 Å². The summed E-state index contributed by atoms with van der Waals surface area (Å²) in [6.07, 6.45) is 4.53. The normalized spacial score (nSPS) is 22.6. The van der Waals surface area contributed by atoms with Gasteiger partial charge in [-0.1, -0.05) is 29.8 Å². The van der Waals surface area contributed by atoms with Crippen LogP contribution in [0.3, 0.4) is 0 Å². The molecule has 1 aliphatic carbocycles.